The molecule has 19 heavy (non-hydrogen) atoms. The smallest absolute Gasteiger partial charge is 0.101 e. The van der Waals surface area contributed by atoms with Crippen LogP contribution in [-0.4, -0.2) is 6.54 Å². The zero-order chi connectivity index (χ0) is 13.7. The molecule has 1 heterocycles. The molecule has 0 aliphatic rings. The van der Waals surface area contributed by atoms with Crippen molar-refractivity contribution in [2.45, 2.75) is 19.3 Å². The largest absolute Gasteiger partial charge is 0.366 e. The van der Waals surface area contributed by atoms with E-state index in [-0.39, 0.29) is 0 Å². The predicted molar refractivity (Wildman–Crippen MR) is 81.8 cm³/mol. The van der Waals surface area contributed by atoms with Crippen LogP contribution in [-0.2, 0) is 12.4 Å². The van der Waals surface area contributed by atoms with Gasteiger partial charge >= 0.3 is 0 Å². The van der Waals surface area contributed by atoms with Gasteiger partial charge in [0.1, 0.15) is 6.07 Å². The first-order chi connectivity index (χ1) is 9.28. The van der Waals surface area contributed by atoms with Gasteiger partial charge in [-0.1, -0.05) is 12.1 Å². The molecule has 0 aliphatic heterocycles. The number of hydrogen-bond acceptors (Lipinski definition) is 3. The molecule has 0 fully saturated rings. The highest BCUT2D eigenvalue weighted by molar-refractivity contribution is 7.09. The quantitative estimate of drug-likeness (QED) is 0.764. The molecule has 0 amide bonds. The van der Waals surface area contributed by atoms with Crippen LogP contribution in [0.2, 0.25) is 0 Å². The first kappa shape index (κ1) is 13.9. The molecule has 0 unspecified atom stereocenters. The number of thiophene rings is 1. The normalized spacial score (nSPS) is 10.2. The van der Waals surface area contributed by atoms with Crippen LogP contribution in [0.15, 0.2) is 35.7 Å². The van der Waals surface area contributed by atoms with Crippen LogP contribution in [0.1, 0.15) is 22.9 Å². The first-order valence-electron chi connectivity index (χ1n) is 6.14. The molecular weight excluding hydrogens is 276 g/mol. The van der Waals surface area contributed by atoms with Gasteiger partial charge in [-0.15, -0.1) is 22.9 Å². The summed E-state index contributed by atoms with van der Waals surface area (Å²) in [6, 6.07) is 12.3. The van der Waals surface area contributed by atoms with E-state index < -0.39 is 0 Å². The molecule has 2 rings (SSSR count). The van der Waals surface area contributed by atoms with Crippen molar-refractivity contribution in [3.05, 3.63) is 51.7 Å². The summed E-state index contributed by atoms with van der Waals surface area (Å²) in [6.07, 6.45) is 0. The average molecular weight is 291 g/mol. The number of rotatable bonds is 5. The van der Waals surface area contributed by atoms with E-state index >= 15 is 0 Å². The van der Waals surface area contributed by atoms with Crippen molar-refractivity contribution in [1.82, 2.24) is 0 Å². The van der Waals surface area contributed by atoms with Gasteiger partial charge in [0.05, 0.1) is 17.8 Å². The van der Waals surface area contributed by atoms with Crippen LogP contribution >= 0.6 is 22.9 Å². The molecule has 0 atom stereocenters. The number of hydrogen-bond donors (Lipinski definition) is 0. The topological polar surface area (TPSA) is 27.0 Å². The highest BCUT2D eigenvalue weighted by atomic mass is 35.5. The second-order valence-electron chi connectivity index (χ2n) is 4.19. The molecule has 98 valence electrons. The summed E-state index contributed by atoms with van der Waals surface area (Å²) in [4.78, 5) is 3.51. The fraction of sp³-hybridized carbons (Fsp3) is 0.267. The van der Waals surface area contributed by atoms with Gasteiger partial charge in [0.15, 0.2) is 0 Å². The SMILES string of the molecule is CCN(Cc1cccs1)c1ccc(CCl)cc1C#N. The fourth-order valence-electron chi connectivity index (χ4n) is 1.99. The number of alkyl halides is 1. The van der Waals surface area contributed by atoms with Gasteiger partial charge in [0.2, 0.25) is 0 Å². The van der Waals surface area contributed by atoms with Crippen LogP contribution in [0.3, 0.4) is 0 Å². The highest BCUT2D eigenvalue weighted by Gasteiger charge is 2.11. The van der Waals surface area contributed by atoms with Gasteiger partial charge in [-0.05, 0) is 36.1 Å². The summed E-state index contributed by atoms with van der Waals surface area (Å²) >= 11 is 7.55. The van der Waals surface area contributed by atoms with Crippen molar-refractivity contribution in [1.29, 1.82) is 5.26 Å². The Morgan fingerprint density at radius 1 is 1.37 bits per heavy atom. The molecule has 0 radical (unpaired) electrons. The predicted octanol–water partition coefficient (Wildman–Crippen LogP) is 4.39. The second kappa shape index (κ2) is 6.60. The van der Waals surface area contributed by atoms with Gasteiger partial charge in [0, 0.05) is 17.3 Å². The Labute approximate surface area is 122 Å². The molecule has 2 nitrogen and oxygen atoms in total. The molecule has 0 aliphatic carbocycles. The summed E-state index contributed by atoms with van der Waals surface area (Å²) in [5.74, 6) is 0.437. The molecule has 2 aromatic rings. The van der Waals surface area contributed by atoms with Crippen LogP contribution < -0.4 is 4.90 Å². The standard InChI is InChI=1S/C15H15ClN2S/c1-2-18(11-14-4-3-7-19-14)15-6-5-12(9-16)8-13(15)10-17/h3-8H,2,9,11H2,1H3. The third-order valence-electron chi connectivity index (χ3n) is 2.98. The Hall–Kier alpha value is -1.50. The Balaban J connectivity index is 2.30. The molecule has 4 heteroatoms. The summed E-state index contributed by atoms with van der Waals surface area (Å²) in [7, 11) is 0. The second-order valence-corrected chi connectivity index (χ2v) is 5.49. The third-order valence-corrected chi connectivity index (χ3v) is 4.15. The van der Waals surface area contributed by atoms with Crippen molar-refractivity contribution in [2.75, 3.05) is 11.4 Å². The molecule has 1 aromatic carbocycles. The molecule has 0 saturated carbocycles. The zero-order valence-corrected chi connectivity index (χ0v) is 12.3. The maximum Gasteiger partial charge on any atom is 0.101 e. The Bertz CT molecular complexity index is 572. The lowest BCUT2D eigenvalue weighted by molar-refractivity contribution is 0.840. The Morgan fingerprint density at radius 3 is 2.79 bits per heavy atom. The van der Waals surface area contributed by atoms with E-state index in [1.807, 2.05) is 18.2 Å². The third kappa shape index (κ3) is 3.28. The van der Waals surface area contributed by atoms with Gasteiger partial charge < -0.3 is 4.90 Å². The zero-order valence-electron chi connectivity index (χ0n) is 10.8. The summed E-state index contributed by atoms with van der Waals surface area (Å²) in [5, 5.41) is 11.4. The number of nitrogens with zero attached hydrogens (tertiary/aromatic N) is 2. The summed E-state index contributed by atoms with van der Waals surface area (Å²) in [5.41, 5.74) is 2.65. The van der Waals surface area contributed by atoms with E-state index in [0.717, 1.165) is 24.3 Å². The number of halogens is 1. The summed E-state index contributed by atoms with van der Waals surface area (Å²) in [6.45, 7) is 3.81. The first-order valence-corrected chi connectivity index (χ1v) is 7.56. The summed E-state index contributed by atoms with van der Waals surface area (Å²) < 4.78 is 0. The molecule has 0 saturated heterocycles. The van der Waals surface area contributed by atoms with Crippen LogP contribution in [0.5, 0.6) is 0 Å². The van der Waals surface area contributed by atoms with Crippen molar-refractivity contribution in [2.24, 2.45) is 0 Å². The van der Waals surface area contributed by atoms with E-state index in [1.165, 1.54) is 4.88 Å². The molecule has 0 spiro atoms. The van der Waals surface area contributed by atoms with E-state index in [1.54, 1.807) is 11.3 Å². The molecular formula is C15H15ClN2S. The maximum atomic E-state index is 9.29. The lowest BCUT2D eigenvalue weighted by Gasteiger charge is -2.23. The highest BCUT2D eigenvalue weighted by Crippen LogP contribution is 2.25. The van der Waals surface area contributed by atoms with Crippen molar-refractivity contribution in [3.63, 3.8) is 0 Å². The van der Waals surface area contributed by atoms with Crippen LogP contribution in [0, 0.1) is 11.3 Å². The lowest BCUT2D eigenvalue weighted by atomic mass is 10.1. The van der Waals surface area contributed by atoms with Crippen molar-refractivity contribution in [3.8, 4) is 6.07 Å². The maximum absolute atomic E-state index is 9.29. The molecule has 0 bridgehead atoms. The Morgan fingerprint density at radius 2 is 2.21 bits per heavy atom. The number of nitriles is 1. The molecule has 1 aromatic heterocycles. The van der Waals surface area contributed by atoms with Crippen molar-refractivity contribution >= 4 is 28.6 Å². The van der Waals surface area contributed by atoms with Gasteiger partial charge in [-0.25, -0.2) is 0 Å². The van der Waals surface area contributed by atoms with Crippen LogP contribution in [0.4, 0.5) is 5.69 Å². The Kier molecular flexibility index (Phi) is 4.84. The van der Waals surface area contributed by atoms with E-state index in [2.05, 4.69) is 35.4 Å². The van der Waals surface area contributed by atoms with E-state index in [9.17, 15) is 5.26 Å². The van der Waals surface area contributed by atoms with Crippen molar-refractivity contribution < 1.29 is 0 Å². The monoisotopic (exact) mass is 290 g/mol. The number of benzene rings is 1. The minimum Gasteiger partial charge on any atom is -0.366 e. The minimum absolute atomic E-state index is 0.437. The fourth-order valence-corrected chi connectivity index (χ4v) is 2.88. The minimum atomic E-state index is 0.437. The van der Waals surface area contributed by atoms with Gasteiger partial charge in [0.25, 0.3) is 0 Å². The number of anilines is 1. The molecule has 0 N–H and O–H groups in total. The van der Waals surface area contributed by atoms with E-state index in [0.29, 0.717) is 11.4 Å². The van der Waals surface area contributed by atoms with Gasteiger partial charge in [-0.3, -0.25) is 0 Å². The average Bonchev–Trinajstić information content (AvgIpc) is 2.97. The van der Waals surface area contributed by atoms with Crippen LogP contribution in [0.25, 0.3) is 0 Å². The van der Waals surface area contributed by atoms with Gasteiger partial charge in [-0.2, -0.15) is 5.26 Å². The van der Waals surface area contributed by atoms with E-state index in [4.69, 9.17) is 11.6 Å². The lowest BCUT2D eigenvalue weighted by Crippen LogP contribution is -2.22.